The van der Waals surface area contributed by atoms with Crippen molar-refractivity contribution in [2.24, 2.45) is 11.8 Å². The maximum atomic E-state index is 12.8. The molecule has 2 aliphatic heterocycles. The van der Waals surface area contributed by atoms with Crippen LogP contribution in [0.1, 0.15) is 33.1 Å². The molecule has 0 N–H and O–H groups in total. The maximum Gasteiger partial charge on any atom is 0.310 e. The van der Waals surface area contributed by atoms with E-state index >= 15 is 0 Å². The Morgan fingerprint density at radius 3 is 2.71 bits per heavy atom. The molecule has 0 aromatic rings. The van der Waals surface area contributed by atoms with Crippen LogP contribution in [-0.4, -0.2) is 73.6 Å². The average Bonchev–Trinajstić information content (AvgIpc) is 2.96. The standard InChI is InChI=1S/C17H28N2O5/c1-4-24-17(22)13-6-5-7-18(9-13)16(21)14-8-15(20)19(10-14)12(2)11-23-3/h12-14H,4-11H2,1-3H3/t12-,13+,14-/m0/s1. The summed E-state index contributed by atoms with van der Waals surface area (Å²) in [7, 11) is 1.60. The van der Waals surface area contributed by atoms with Crippen LogP contribution >= 0.6 is 0 Å². The number of amides is 2. The second-order valence-corrected chi connectivity index (χ2v) is 6.63. The maximum absolute atomic E-state index is 12.8. The van der Waals surface area contributed by atoms with Crippen LogP contribution in [0.2, 0.25) is 0 Å². The summed E-state index contributed by atoms with van der Waals surface area (Å²) in [6, 6.07) is -0.0334. The Morgan fingerprint density at radius 1 is 1.29 bits per heavy atom. The Labute approximate surface area is 143 Å². The zero-order valence-electron chi connectivity index (χ0n) is 14.8. The fourth-order valence-corrected chi connectivity index (χ4v) is 3.54. The number of esters is 1. The second kappa shape index (κ2) is 8.46. The Kier molecular flexibility index (Phi) is 6.60. The predicted molar refractivity (Wildman–Crippen MR) is 87.1 cm³/mol. The number of ether oxygens (including phenoxy) is 2. The Balaban J connectivity index is 1.94. The van der Waals surface area contributed by atoms with Crippen molar-refractivity contribution in [3.63, 3.8) is 0 Å². The first-order chi connectivity index (χ1) is 11.5. The molecule has 0 aromatic carbocycles. The van der Waals surface area contributed by atoms with Gasteiger partial charge in [-0.1, -0.05) is 0 Å². The van der Waals surface area contributed by atoms with Gasteiger partial charge in [0.15, 0.2) is 0 Å². The lowest BCUT2D eigenvalue weighted by Gasteiger charge is -2.33. The van der Waals surface area contributed by atoms with Gasteiger partial charge in [0.1, 0.15) is 0 Å². The van der Waals surface area contributed by atoms with Crippen LogP contribution in [0.5, 0.6) is 0 Å². The molecule has 0 unspecified atom stereocenters. The van der Waals surface area contributed by atoms with Crippen LogP contribution in [0.15, 0.2) is 0 Å². The van der Waals surface area contributed by atoms with Gasteiger partial charge in [-0.3, -0.25) is 14.4 Å². The number of likely N-dealkylation sites (tertiary alicyclic amines) is 2. The van der Waals surface area contributed by atoms with Crippen LogP contribution in [-0.2, 0) is 23.9 Å². The van der Waals surface area contributed by atoms with Crippen LogP contribution in [0.4, 0.5) is 0 Å². The third-order valence-electron chi connectivity index (χ3n) is 4.80. The molecule has 2 rings (SSSR count). The summed E-state index contributed by atoms with van der Waals surface area (Å²) in [6.07, 6.45) is 1.79. The lowest BCUT2D eigenvalue weighted by Crippen LogP contribution is -2.46. The number of carbonyl (C=O) groups excluding carboxylic acids is 3. The van der Waals surface area contributed by atoms with Crippen molar-refractivity contribution >= 4 is 17.8 Å². The molecule has 0 aliphatic carbocycles. The summed E-state index contributed by atoms with van der Waals surface area (Å²) in [4.78, 5) is 40.3. The van der Waals surface area contributed by atoms with Crippen molar-refractivity contribution in [1.82, 2.24) is 9.80 Å². The van der Waals surface area contributed by atoms with Crippen molar-refractivity contribution in [1.29, 1.82) is 0 Å². The number of nitrogens with zero attached hydrogens (tertiary/aromatic N) is 2. The summed E-state index contributed by atoms with van der Waals surface area (Å²) in [5, 5.41) is 0. The molecule has 24 heavy (non-hydrogen) atoms. The first-order valence-electron chi connectivity index (χ1n) is 8.71. The zero-order valence-corrected chi connectivity index (χ0v) is 14.8. The fourth-order valence-electron chi connectivity index (χ4n) is 3.54. The minimum atomic E-state index is -0.322. The molecule has 2 fully saturated rings. The van der Waals surface area contributed by atoms with Crippen molar-refractivity contribution in [3.05, 3.63) is 0 Å². The van der Waals surface area contributed by atoms with Crippen LogP contribution < -0.4 is 0 Å². The highest BCUT2D eigenvalue weighted by Gasteiger charge is 2.40. The smallest absolute Gasteiger partial charge is 0.310 e. The molecule has 0 radical (unpaired) electrons. The minimum Gasteiger partial charge on any atom is -0.466 e. The van der Waals surface area contributed by atoms with Gasteiger partial charge in [0.25, 0.3) is 0 Å². The summed E-state index contributed by atoms with van der Waals surface area (Å²) in [5.41, 5.74) is 0. The average molecular weight is 340 g/mol. The largest absolute Gasteiger partial charge is 0.466 e. The molecular weight excluding hydrogens is 312 g/mol. The number of hydrogen-bond acceptors (Lipinski definition) is 5. The molecule has 0 saturated carbocycles. The van der Waals surface area contributed by atoms with Gasteiger partial charge in [-0.25, -0.2) is 0 Å². The Bertz CT molecular complexity index is 482. The minimum absolute atomic E-state index is 0.00291. The third-order valence-corrected chi connectivity index (χ3v) is 4.80. The Morgan fingerprint density at radius 2 is 2.04 bits per heavy atom. The molecule has 7 nitrogen and oxygen atoms in total. The number of piperidine rings is 1. The van der Waals surface area contributed by atoms with Gasteiger partial charge in [-0.2, -0.15) is 0 Å². The van der Waals surface area contributed by atoms with Gasteiger partial charge in [0.05, 0.1) is 31.1 Å². The lowest BCUT2D eigenvalue weighted by atomic mass is 9.96. The summed E-state index contributed by atoms with van der Waals surface area (Å²) < 4.78 is 10.2. The van der Waals surface area contributed by atoms with E-state index in [1.807, 2.05) is 6.92 Å². The van der Waals surface area contributed by atoms with Crippen molar-refractivity contribution in [2.45, 2.75) is 39.2 Å². The topological polar surface area (TPSA) is 76.2 Å². The van der Waals surface area contributed by atoms with Gasteiger partial charge >= 0.3 is 5.97 Å². The van der Waals surface area contributed by atoms with E-state index in [4.69, 9.17) is 9.47 Å². The molecule has 0 bridgehead atoms. The highest BCUT2D eigenvalue weighted by molar-refractivity contribution is 5.89. The molecule has 7 heteroatoms. The highest BCUT2D eigenvalue weighted by atomic mass is 16.5. The Hall–Kier alpha value is -1.63. The van der Waals surface area contributed by atoms with E-state index < -0.39 is 0 Å². The molecule has 0 aromatic heterocycles. The number of carbonyl (C=O) groups is 3. The van der Waals surface area contributed by atoms with Gasteiger partial charge < -0.3 is 19.3 Å². The lowest BCUT2D eigenvalue weighted by molar-refractivity contribution is -0.152. The number of methoxy groups -OCH3 is 1. The molecule has 2 heterocycles. The monoisotopic (exact) mass is 340 g/mol. The molecule has 2 saturated heterocycles. The van der Waals surface area contributed by atoms with E-state index in [1.54, 1.807) is 23.8 Å². The molecule has 3 atom stereocenters. The van der Waals surface area contributed by atoms with Crippen molar-refractivity contribution < 1.29 is 23.9 Å². The first-order valence-corrected chi connectivity index (χ1v) is 8.71. The summed E-state index contributed by atoms with van der Waals surface area (Å²) in [6.45, 7) is 6.00. The van der Waals surface area contributed by atoms with Crippen LogP contribution in [0, 0.1) is 11.8 Å². The molecule has 136 valence electrons. The van der Waals surface area contributed by atoms with E-state index in [2.05, 4.69) is 0 Å². The van der Waals surface area contributed by atoms with Crippen LogP contribution in [0.25, 0.3) is 0 Å². The van der Waals surface area contributed by atoms with Gasteiger partial charge in [0, 0.05) is 33.2 Å². The first kappa shape index (κ1) is 18.7. The number of hydrogen-bond donors (Lipinski definition) is 0. The molecule has 0 spiro atoms. The third kappa shape index (κ3) is 4.26. The normalized spacial score (nSPS) is 25.7. The predicted octanol–water partition coefficient (Wildman–Crippen LogP) is 0.672. The summed E-state index contributed by atoms with van der Waals surface area (Å²) in [5.74, 6) is -0.824. The molecular formula is C17H28N2O5. The fraction of sp³-hybridized carbons (Fsp3) is 0.824. The SMILES string of the molecule is CCOC(=O)[C@@H]1CCCN(C(=O)[C@H]2CC(=O)N([C@@H](C)COC)C2)C1. The van der Waals surface area contributed by atoms with Gasteiger partial charge in [-0.05, 0) is 26.7 Å². The van der Waals surface area contributed by atoms with E-state index in [9.17, 15) is 14.4 Å². The molecule has 2 amide bonds. The highest BCUT2D eigenvalue weighted by Crippen LogP contribution is 2.25. The van der Waals surface area contributed by atoms with E-state index in [0.717, 1.165) is 12.8 Å². The van der Waals surface area contributed by atoms with Crippen LogP contribution in [0.3, 0.4) is 0 Å². The van der Waals surface area contributed by atoms with E-state index in [0.29, 0.717) is 32.8 Å². The number of rotatable bonds is 6. The zero-order chi connectivity index (χ0) is 17.7. The van der Waals surface area contributed by atoms with Crippen molar-refractivity contribution in [3.8, 4) is 0 Å². The van der Waals surface area contributed by atoms with Gasteiger partial charge in [-0.15, -0.1) is 0 Å². The quantitative estimate of drug-likeness (QED) is 0.664. The summed E-state index contributed by atoms with van der Waals surface area (Å²) >= 11 is 0. The van der Waals surface area contributed by atoms with Gasteiger partial charge in [0.2, 0.25) is 11.8 Å². The van der Waals surface area contributed by atoms with Crippen molar-refractivity contribution in [2.75, 3.05) is 40.0 Å². The second-order valence-electron chi connectivity index (χ2n) is 6.63. The van der Waals surface area contributed by atoms with E-state index in [1.165, 1.54) is 0 Å². The van der Waals surface area contributed by atoms with E-state index in [-0.39, 0.29) is 42.1 Å². The molecule has 2 aliphatic rings.